The van der Waals surface area contributed by atoms with E-state index in [4.69, 9.17) is 5.73 Å². The fraction of sp³-hybridized carbons (Fsp3) is 0.357. The topological polar surface area (TPSA) is 43.8 Å². The van der Waals surface area contributed by atoms with E-state index in [0.29, 0.717) is 0 Å². The van der Waals surface area contributed by atoms with Crippen molar-refractivity contribution in [3.8, 4) is 5.69 Å². The molecule has 0 aliphatic heterocycles. The lowest BCUT2D eigenvalue weighted by Crippen LogP contribution is -2.21. The van der Waals surface area contributed by atoms with E-state index in [1.165, 1.54) is 16.8 Å². The van der Waals surface area contributed by atoms with E-state index < -0.39 is 0 Å². The Labute approximate surface area is 102 Å². The minimum absolute atomic E-state index is 0.244. The van der Waals surface area contributed by atoms with Crippen molar-refractivity contribution in [2.24, 2.45) is 5.73 Å². The number of imidazole rings is 1. The average molecular weight is 229 g/mol. The average Bonchev–Trinajstić information content (AvgIpc) is 2.85. The second kappa shape index (κ2) is 5.15. The van der Waals surface area contributed by atoms with Crippen molar-refractivity contribution in [1.82, 2.24) is 9.55 Å². The number of hydrogen-bond donors (Lipinski definition) is 1. The van der Waals surface area contributed by atoms with E-state index >= 15 is 0 Å². The molecule has 0 fully saturated rings. The summed E-state index contributed by atoms with van der Waals surface area (Å²) in [6.07, 6.45) is 7.52. The number of aryl methyl sites for hydroxylation is 1. The Balaban J connectivity index is 2.30. The van der Waals surface area contributed by atoms with Gasteiger partial charge in [-0.05, 0) is 37.0 Å². The highest BCUT2D eigenvalue weighted by Crippen LogP contribution is 2.17. The Hall–Kier alpha value is -1.61. The van der Waals surface area contributed by atoms with Crippen molar-refractivity contribution in [2.75, 3.05) is 0 Å². The summed E-state index contributed by atoms with van der Waals surface area (Å²) in [5.74, 6) is 0. The second-order valence-electron chi connectivity index (χ2n) is 4.46. The van der Waals surface area contributed by atoms with Crippen LogP contribution in [0, 0.1) is 6.92 Å². The Morgan fingerprint density at radius 2 is 2.24 bits per heavy atom. The number of rotatable bonds is 4. The van der Waals surface area contributed by atoms with Gasteiger partial charge in [0, 0.05) is 24.1 Å². The molecule has 3 heteroatoms. The van der Waals surface area contributed by atoms with Crippen LogP contribution in [0.15, 0.2) is 36.9 Å². The van der Waals surface area contributed by atoms with Crippen LogP contribution in [-0.4, -0.2) is 15.6 Å². The monoisotopic (exact) mass is 229 g/mol. The Bertz CT molecular complexity index is 474. The maximum Gasteiger partial charge on any atom is 0.0991 e. The van der Waals surface area contributed by atoms with Crippen LogP contribution < -0.4 is 5.73 Å². The van der Waals surface area contributed by atoms with E-state index in [-0.39, 0.29) is 6.04 Å². The van der Waals surface area contributed by atoms with E-state index in [1.807, 2.05) is 17.1 Å². The summed E-state index contributed by atoms with van der Waals surface area (Å²) >= 11 is 0. The van der Waals surface area contributed by atoms with E-state index in [0.717, 1.165) is 12.8 Å². The summed E-state index contributed by atoms with van der Waals surface area (Å²) in [5, 5.41) is 0. The van der Waals surface area contributed by atoms with Gasteiger partial charge in [0.05, 0.1) is 6.33 Å². The largest absolute Gasteiger partial charge is 0.327 e. The normalized spacial score (nSPS) is 12.6. The lowest BCUT2D eigenvalue weighted by atomic mass is 10.0. The molecule has 2 N–H and O–H groups in total. The van der Waals surface area contributed by atoms with Crippen LogP contribution in [-0.2, 0) is 6.42 Å². The summed E-state index contributed by atoms with van der Waals surface area (Å²) in [5.41, 5.74) is 9.71. The third kappa shape index (κ3) is 2.74. The lowest BCUT2D eigenvalue weighted by Gasteiger charge is -2.12. The van der Waals surface area contributed by atoms with Crippen LogP contribution in [0.25, 0.3) is 5.69 Å². The van der Waals surface area contributed by atoms with Crippen LogP contribution >= 0.6 is 0 Å². The van der Waals surface area contributed by atoms with Crippen LogP contribution in [0.5, 0.6) is 0 Å². The van der Waals surface area contributed by atoms with Crippen molar-refractivity contribution in [3.63, 3.8) is 0 Å². The minimum Gasteiger partial charge on any atom is -0.327 e. The molecular weight excluding hydrogens is 210 g/mol. The SMILES string of the molecule is CCC(N)Cc1ccc(C)c(-n2ccnc2)c1. The summed E-state index contributed by atoms with van der Waals surface area (Å²) in [4.78, 5) is 4.08. The molecule has 0 saturated carbocycles. The van der Waals surface area contributed by atoms with Gasteiger partial charge >= 0.3 is 0 Å². The highest BCUT2D eigenvalue weighted by atomic mass is 15.0. The summed E-state index contributed by atoms with van der Waals surface area (Å²) < 4.78 is 2.04. The molecule has 2 aromatic rings. The molecule has 0 bridgehead atoms. The van der Waals surface area contributed by atoms with Crippen LogP contribution in [0.1, 0.15) is 24.5 Å². The van der Waals surface area contributed by atoms with Gasteiger partial charge in [0.15, 0.2) is 0 Å². The van der Waals surface area contributed by atoms with Crippen molar-refractivity contribution < 1.29 is 0 Å². The van der Waals surface area contributed by atoms with Gasteiger partial charge in [0.2, 0.25) is 0 Å². The third-order valence-electron chi connectivity index (χ3n) is 3.08. The molecule has 0 saturated heterocycles. The van der Waals surface area contributed by atoms with Crippen LogP contribution in [0.4, 0.5) is 0 Å². The highest BCUT2D eigenvalue weighted by Gasteiger charge is 2.05. The number of aromatic nitrogens is 2. The molecule has 0 spiro atoms. The minimum atomic E-state index is 0.244. The maximum absolute atomic E-state index is 5.99. The third-order valence-corrected chi connectivity index (χ3v) is 3.08. The Morgan fingerprint density at radius 1 is 1.41 bits per heavy atom. The van der Waals surface area contributed by atoms with Crippen molar-refractivity contribution in [2.45, 2.75) is 32.7 Å². The number of nitrogens with zero attached hydrogens (tertiary/aromatic N) is 2. The van der Waals surface area contributed by atoms with Crippen molar-refractivity contribution in [1.29, 1.82) is 0 Å². The highest BCUT2D eigenvalue weighted by molar-refractivity contribution is 5.43. The molecule has 3 nitrogen and oxygen atoms in total. The molecule has 1 unspecified atom stereocenters. The number of hydrogen-bond acceptors (Lipinski definition) is 2. The molecular formula is C14H19N3. The predicted molar refractivity (Wildman–Crippen MR) is 70.3 cm³/mol. The molecule has 90 valence electrons. The first-order chi connectivity index (χ1) is 8.20. The van der Waals surface area contributed by atoms with Crippen LogP contribution in [0.2, 0.25) is 0 Å². The molecule has 0 aliphatic rings. The molecule has 0 radical (unpaired) electrons. The van der Waals surface area contributed by atoms with E-state index in [2.05, 4.69) is 37.0 Å². The van der Waals surface area contributed by atoms with Gasteiger partial charge in [-0.1, -0.05) is 19.1 Å². The predicted octanol–water partition coefficient (Wildman–Crippen LogP) is 2.46. The maximum atomic E-state index is 5.99. The number of nitrogens with two attached hydrogens (primary N) is 1. The first-order valence-corrected chi connectivity index (χ1v) is 6.04. The Morgan fingerprint density at radius 3 is 2.88 bits per heavy atom. The summed E-state index contributed by atoms with van der Waals surface area (Å²) in [6, 6.07) is 6.75. The first-order valence-electron chi connectivity index (χ1n) is 6.04. The fourth-order valence-electron chi connectivity index (χ4n) is 1.91. The molecule has 1 aromatic carbocycles. The molecule has 0 aliphatic carbocycles. The quantitative estimate of drug-likeness (QED) is 0.875. The van der Waals surface area contributed by atoms with Crippen LogP contribution in [0.3, 0.4) is 0 Å². The van der Waals surface area contributed by atoms with Gasteiger partial charge in [0.25, 0.3) is 0 Å². The fourth-order valence-corrected chi connectivity index (χ4v) is 1.91. The second-order valence-corrected chi connectivity index (χ2v) is 4.46. The zero-order valence-electron chi connectivity index (χ0n) is 10.4. The van der Waals surface area contributed by atoms with Crippen molar-refractivity contribution in [3.05, 3.63) is 48.0 Å². The molecule has 0 amide bonds. The van der Waals surface area contributed by atoms with Crippen molar-refractivity contribution >= 4 is 0 Å². The summed E-state index contributed by atoms with van der Waals surface area (Å²) in [7, 11) is 0. The standard InChI is InChI=1S/C14H19N3/c1-3-13(15)8-12-5-4-11(2)14(9-12)17-7-6-16-10-17/h4-7,9-10,13H,3,8,15H2,1-2H3. The van der Waals surface area contributed by atoms with Gasteiger partial charge in [-0.3, -0.25) is 0 Å². The smallest absolute Gasteiger partial charge is 0.0991 e. The number of benzene rings is 1. The lowest BCUT2D eigenvalue weighted by molar-refractivity contribution is 0.646. The molecule has 1 atom stereocenters. The van der Waals surface area contributed by atoms with Gasteiger partial charge in [0.1, 0.15) is 0 Å². The molecule has 1 heterocycles. The zero-order chi connectivity index (χ0) is 12.3. The van der Waals surface area contributed by atoms with E-state index in [1.54, 1.807) is 6.20 Å². The molecule has 1 aromatic heterocycles. The Kier molecular flexibility index (Phi) is 3.59. The molecule has 2 rings (SSSR count). The van der Waals surface area contributed by atoms with E-state index in [9.17, 15) is 0 Å². The van der Waals surface area contributed by atoms with Gasteiger partial charge in [-0.15, -0.1) is 0 Å². The van der Waals surface area contributed by atoms with Gasteiger partial charge in [-0.25, -0.2) is 4.98 Å². The van der Waals surface area contributed by atoms with Gasteiger partial charge in [-0.2, -0.15) is 0 Å². The summed E-state index contributed by atoms with van der Waals surface area (Å²) in [6.45, 7) is 4.23. The van der Waals surface area contributed by atoms with Gasteiger partial charge < -0.3 is 10.3 Å². The zero-order valence-corrected chi connectivity index (χ0v) is 10.4. The first kappa shape index (κ1) is 11.9. The molecule has 17 heavy (non-hydrogen) atoms.